The van der Waals surface area contributed by atoms with Crippen molar-refractivity contribution in [2.75, 3.05) is 74.0 Å². The Bertz CT molecular complexity index is 1350. The third-order valence-electron chi connectivity index (χ3n) is 11.6. The Hall–Kier alpha value is -3.02. The van der Waals surface area contributed by atoms with E-state index < -0.39 is 0 Å². The van der Waals surface area contributed by atoms with Crippen molar-refractivity contribution in [2.45, 2.75) is 176 Å². The lowest BCUT2D eigenvalue weighted by molar-refractivity contribution is 0.528. The van der Waals surface area contributed by atoms with Gasteiger partial charge in [-0.2, -0.15) is 0 Å². The smallest absolute Gasteiger partial charge is 0.0655 e. The Morgan fingerprint density at radius 3 is 0.982 bits per heavy atom. The van der Waals surface area contributed by atoms with E-state index in [0.29, 0.717) is 0 Å². The number of rotatable bonds is 32. The Morgan fingerprint density at radius 2 is 0.655 bits per heavy atom. The fourth-order valence-electron chi connectivity index (χ4n) is 7.30. The van der Waals surface area contributed by atoms with Crippen molar-refractivity contribution < 1.29 is 0 Å². The zero-order valence-corrected chi connectivity index (χ0v) is 37.8. The molecule has 312 valence electrons. The molecule has 6 heteroatoms. The normalized spacial score (nSPS) is 12.0. The van der Waals surface area contributed by atoms with Gasteiger partial charge < -0.3 is 19.6 Å². The summed E-state index contributed by atoms with van der Waals surface area (Å²) < 4.78 is 0. The van der Waals surface area contributed by atoms with E-state index in [1.165, 1.54) is 125 Å². The average molecular weight is 759 g/mol. The number of nitrogens with zero attached hydrogens (tertiary/aromatic N) is 6. The maximum Gasteiger partial charge on any atom is 0.0655 e. The van der Waals surface area contributed by atoms with E-state index >= 15 is 0 Å². The first kappa shape index (κ1) is 48.1. The standard InChI is InChI=1S/C49H86N6/c1-11-17-19-20-21-22-23-24-25-26-27-28-29-30-31-32-33-35-45(51-43-37-39-47(53(8)14-4)49(41-43)55(10)16-6)44(34-18-12-2)50-42-36-38-46(52(7)13-3)48(40-42)54(9)15-5/h36-41H,11-35H2,1-10H3. The third-order valence-corrected chi connectivity index (χ3v) is 11.6. The van der Waals surface area contributed by atoms with Crippen LogP contribution in [0.4, 0.5) is 34.1 Å². The van der Waals surface area contributed by atoms with Crippen LogP contribution in [0, 0.1) is 0 Å². The molecule has 0 N–H and O–H groups in total. The predicted octanol–water partition coefficient (Wildman–Crippen LogP) is 14.6. The first-order chi connectivity index (χ1) is 26.7. The molecule has 0 spiro atoms. The number of aliphatic imine (C=N–C) groups is 2. The van der Waals surface area contributed by atoms with Crippen LogP contribution in [0.5, 0.6) is 0 Å². The number of anilines is 4. The van der Waals surface area contributed by atoms with E-state index in [0.717, 1.165) is 81.1 Å². The van der Waals surface area contributed by atoms with Gasteiger partial charge in [0.15, 0.2) is 0 Å². The van der Waals surface area contributed by atoms with Crippen LogP contribution in [0.15, 0.2) is 46.4 Å². The van der Waals surface area contributed by atoms with Crippen LogP contribution in [0.3, 0.4) is 0 Å². The highest BCUT2D eigenvalue weighted by Gasteiger charge is 2.16. The van der Waals surface area contributed by atoms with Crippen molar-refractivity contribution >= 4 is 45.5 Å². The lowest BCUT2D eigenvalue weighted by Gasteiger charge is -2.27. The molecule has 0 heterocycles. The molecule has 0 bridgehead atoms. The average Bonchev–Trinajstić information content (AvgIpc) is 3.21. The molecular formula is C49H86N6. The molecule has 0 saturated carbocycles. The lowest BCUT2D eigenvalue weighted by Crippen LogP contribution is -2.23. The van der Waals surface area contributed by atoms with Gasteiger partial charge in [0.1, 0.15) is 0 Å². The van der Waals surface area contributed by atoms with Crippen molar-refractivity contribution in [1.82, 2.24) is 0 Å². The van der Waals surface area contributed by atoms with Gasteiger partial charge in [-0.25, -0.2) is 0 Å². The molecule has 0 aliphatic heterocycles. The van der Waals surface area contributed by atoms with Crippen LogP contribution in [-0.2, 0) is 0 Å². The van der Waals surface area contributed by atoms with E-state index in [2.05, 4.69) is 126 Å². The fourth-order valence-corrected chi connectivity index (χ4v) is 7.30. The van der Waals surface area contributed by atoms with Gasteiger partial charge in [-0.05, 0) is 89.8 Å². The zero-order chi connectivity index (χ0) is 40.3. The van der Waals surface area contributed by atoms with E-state index in [1.807, 2.05) is 0 Å². The highest BCUT2D eigenvalue weighted by atomic mass is 15.2. The Morgan fingerprint density at radius 1 is 0.364 bits per heavy atom. The Balaban J connectivity index is 2.21. The summed E-state index contributed by atoms with van der Waals surface area (Å²) in [6, 6.07) is 13.5. The predicted molar refractivity (Wildman–Crippen MR) is 251 cm³/mol. The van der Waals surface area contributed by atoms with Crippen molar-refractivity contribution in [2.24, 2.45) is 9.98 Å². The van der Waals surface area contributed by atoms with Crippen molar-refractivity contribution in [3.63, 3.8) is 0 Å². The van der Waals surface area contributed by atoms with Crippen molar-refractivity contribution in [3.8, 4) is 0 Å². The number of hydrogen-bond donors (Lipinski definition) is 0. The monoisotopic (exact) mass is 759 g/mol. The van der Waals surface area contributed by atoms with Crippen molar-refractivity contribution in [3.05, 3.63) is 36.4 Å². The molecule has 55 heavy (non-hydrogen) atoms. The van der Waals surface area contributed by atoms with Gasteiger partial charge in [0.05, 0.1) is 45.5 Å². The molecule has 0 aliphatic rings. The summed E-state index contributed by atoms with van der Waals surface area (Å²) in [5.74, 6) is 0. The first-order valence-corrected chi connectivity index (χ1v) is 23.0. The molecule has 6 nitrogen and oxygen atoms in total. The molecule has 0 atom stereocenters. The summed E-state index contributed by atoms with van der Waals surface area (Å²) in [6.45, 7) is 17.3. The molecule has 2 rings (SSSR count). The number of unbranched alkanes of at least 4 members (excludes halogenated alkanes) is 17. The molecule has 0 aliphatic carbocycles. The largest absolute Gasteiger partial charge is 0.373 e. The summed E-state index contributed by atoms with van der Waals surface area (Å²) in [4.78, 5) is 20.2. The molecule has 0 unspecified atom stereocenters. The summed E-state index contributed by atoms with van der Waals surface area (Å²) in [5, 5.41) is 0. The van der Waals surface area contributed by atoms with Gasteiger partial charge in [-0.15, -0.1) is 0 Å². The molecule has 0 saturated heterocycles. The maximum absolute atomic E-state index is 5.48. The van der Waals surface area contributed by atoms with Gasteiger partial charge >= 0.3 is 0 Å². The van der Waals surface area contributed by atoms with E-state index in [1.54, 1.807) is 0 Å². The van der Waals surface area contributed by atoms with Crippen LogP contribution >= 0.6 is 0 Å². The molecule has 0 radical (unpaired) electrons. The molecule has 2 aromatic carbocycles. The van der Waals surface area contributed by atoms with Crippen LogP contribution < -0.4 is 19.6 Å². The quantitative estimate of drug-likeness (QED) is 0.0550. The molecule has 0 aromatic heterocycles. The van der Waals surface area contributed by atoms with Crippen LogP contribution in [0.2, 0.25) is 0 Å². The topological polar surface area (TPSA) is 37.7 Å². The summed E-state index contributed by atoms with van der Waals surface area (Å²) in [7, 11) is 8.73. The minimum atomic E-state index is 0.947. The number of hydrogen-bond acceptors (Lipinski definition) is 6. The maximum atomic E-state index is 5.48. The van der Waals surface area contributed by atoms with Gasteiger partial charge in [0.25, 0.3) is 0 Å². The van der Waals surface area contributed by atoms with Gasteiger partial charge in [-0.1, -0.05) is 123 Å². The van der Waals surface area contributed by atoms with Crippen molar-refractivity contribution in [1.29, 1.82) is 0 Å². The summed E-state index contributed by atoms with van der Waals surface area (Å²) >= 11 is 0. The highest BCUT2D eigenvalue weighted by Crippen LogP contribution is 2.35. The second kappa shape index (κ2) is 29.3. The zero-order valence-electron chi connectivity index (χ0n) is 37.8. The van der Waals surface area contributed by atoms with E-state index in [4.69, 9.17) is 9.98 Å². The van der Waals surface area contributed by atoms with Gasteiger partial charge in [0, 0.05) is 54.4 Å². The second-order valence-corrected chi connectivity index (χ2v) is 16.0. The minimum absolute atomic E-state index is 0.947. The van der Waals surface area contributed by atoms with E-state index in [9.17, 15) is 0 Å². The Labute approximate surface area is 341 Å². The third kappa shape index (κ3) is 18.2. The van der Waals surface area contributed by atoms with Gasteiger partial charge in [-0.3, -0.25) is 9.98 Å². The molecule has 0 amide bonds. The molecular weight excluding hydrogens is 673 g/mol. The first-order valence-electron chi connectivity index (χ1n) is 23.0. The molecule has 0 fully saturated rings. The minimum Gasteiger partial charge on any atom is -0.373 e. The van der Waals surface area contributed by atoms with Crippen LogP contribution in [-0.4, -0.2) is 65.8 Å². The lowest BCUT2D eigenvalue weighted by atomic mass is 10.0. The van der Waals surface area contributed by atoms with Crippen LogP contribution in [0.1, 0.15) is 176 Å². The second-order valence-electron chi connectivity index (χ2n) is 16.0. The van der Waals surface area contributed by atoms with Crippen LogP contribution in [0.25, 0.3) is 0 Å². The van der Waals surface area contributed by atoms with E-state index in [-0.39, 0.29) is 0 Å². The number of benzene rings is 2. The SMILES string of the molecule is CCCCCCCCCCCCCCCCCCCC(=Nc1ccc(N(C)CC)c(N(C)CC)c1)C(CCCC)=Nc1ccc(N(C)CC)c(N(C)CC)c1. The van der Waals surface area contributed by atoms with Gasteiger partial charge in [0.2, 0.25) is 0 Å². The Kier molecular flexibility index (Phi) is 25.6. The fraction of sp³-hybridized carbons (Fsp3) is 0.714. The summed E-state index contributed by atoms with van der Waals surface area (Å²) in [6.07, 6.45) is 27.7. The highest BCUT2D eigenvalue weighted by molar-refractivity contribution is 6.43. The summed E-state index contributed by atoms with van der Waals surface area (Å²) in [5.41, 5.74) is 9.35. The molecule has 2 aromatic rings.